The Bertz CT molecular complexity index is 490. The van der Waals surface area contributed by atoms with Crippen molar-refractivity contribution in [1.82, 2.24) is 5.32 Å². The van der Waals surface area contributed by atoms with Gasteiger partial charge < -0.3 is 10.2 Å². The molecule has 1 aromatic carbocycles. The minimum atomic E-state index is -0.117. The number of benzene rings is 1. The average Bonchev–Trinajstić information content (AvgIpc) is 3.19. The van der Waals surface area contributed by atoms with Crippen molar-refractivity contribution >= 4 is 17.5 Å². The zero-order valence-corrected chi connectivity index (χ0v) is 12.3. The zero-order valence-electron chi connectivity index (χ0n) is 12.3. The van der Waals surface area contributed by atoms with Crippen LogP contribution in [0.2, 0.25) is 0 Å². The maximum Gasteiger partial charge on any atom is 0.240 e. The third-order valence-corrected chi connectivity index (χ3v) is 3.50. The molecule has 1 aliphatic rings. The molecule has 1 saturated carbocycles. The van der Waals surface area contributed by atoms with E-state index in [1.807, 2.05) is 24.3 Å². The second kappa shape index (κ2) is 6.07. The first-order valence-corrected chi connectivity index (χ1v) is 7.15. The SMILES string of the molecule is CC(=O)N(CC(=O)NC1CC1)c1ccc(C(C)C)cc1. The van der Waals surface area contributed by atoms with Gasteiger partial charge in [0, 0.05) is 18.7 Å². The summed E-state index contributed by atoms with van der Waals surface area (Å²) in [4.78, 5) is 25.1. The summed E-state index contributed by atoms with van der Waals surface area (Å²) in [7, 11) is 0. The molecule has 0 spiro atoms. The fourth-order valence-electron chi connectivity index (χ4n) is 2.07. The number of anilines is 1. The average molecular weight is 274 g/mol. The quantitative estimate of drug-likeness (QED) is 0.896. The van der Waals surface area contributed by atoms with E-state index in [0.29, 0.717) is 12.0 Å². The van der Waals surface area contributed by atoms with Crippen LogP contribution in [0.4, 0.5) is 5.69 Å². The number of nitrogens with zero attached hydrogens (tertiary/aromatic N) is 1. The molecule has 0 atom stereocenters. The van der Waals surface area contributed by atoms with Gasteiger partial charge in [-0.05, 0) is 36.5 Å². The van der Waals surface area contributed by atoms with Crippen molar-refractivity contribution in [1.29, 1.82) is 0 Å². The third kappa shape index (κ3) is 3.83. The van der Waals surface area contributed by atoms with E-state index in [1.165, 1.54) is 17.4 Å². The standard InChI is InChI=1S/C16H22N2O2/c1-11(2)13-4-8-15(9-5-13)18(12(3)19)10-16(20)17-14-6-7-14/h4-5,8-9,11,14H,6-7,10H2,1-3H3,(H,17,20). The highest BCUT2D eigenvalue weighted by Gasteiger charge is 2.25. The molecule has 108 valence electrons. The lowest BCUT2D eigenvalue weighted by Gasteiger charge is -2.21. The van der Waals surface area contributed by atoms with Crippen LogP contribution in [0.15, 0.2) is 24.3 Å². The van der Waals surface area contributed by atoms with Crippen molar-refractivity contribution in [2.24, 2.45) is 0 Å². The van der Waals surface area contributed by atoms with Gasteiger partial charge in [0.05, 0.1) is 0 Å². The van der Waals surface area contributed by atoms with Gasteiger partial charge in [-0.2, -0.15) is 0 Å². The Hall–Kier alpha value is -1.84. The van der Waals surface area contributed by atoms with Crippen molar-refractivity contribution < 1.29 is 9.59 Å². The molecule has 4 heteroatoms. The molecular formula is C16H22N2O2. The van der Waals surface area contributed by atoms with Crippen molar-refractivity contribution in [2.75, 3.05) is 11.4 Å². The molecule has 0 saturated heterocycles. The van der Waals surface area contributed by atoms with Crippen molar-refractivity contribution in [3.8, 4) is 0 Å². The van der Waals surface area contributed by atoms with Gasteiger partial charge in [0.15, 0.2) is 0 Å². The van der Waals surface area contributed by atoms with Gasteiger partial charge in [-0.3, -0.25) is 9.59 Å². The third-order valence-electron chi connectivity index (χ3n) is 3.50. The number of hydrogen-bond acceptors (Lipinski definition) is 2. The van der Waals surface area contributed by atoms with Gasteiger partial charge in [-0.15, -0.1) is 0 Å². The van der Waals surface area contributed by atoms with Crippen LogP contribution in [0, 0.1) is 0 Å². The summed E-state index contributed by atoms with van der Waals surface area (Å²) in [5.74, 6) is 0.247. The summed E-state index contributed by atoms with van der Waals surface area (Å²) < 4.78 is 0. The highest BCUT2D eigenvalue weighted by molar-refractivity contribution is 5.97. The number of amides is 2. The highest BCUT2D eigenvalue weighted by Crippen LogP contribution is 2.21. The van der Waals surface area contributed by atoms with Crippen LogP contribution in [0.1, 0.15) is 45.1 Å². The van der Waals surface area contributed by atoms with Crippen molar-refractivity contribution in [3.05, 3.63) is 29.8 Å². The number of carbonyl (C=O) groups is 2. The predicted molar refractivity (Wildman–Crippen MR) is 79.7 cm³/mol. The Morgan fingerprint density at radius 2 is 1.85 bits per heavy atom. The molecule has 0 bridgehead atoms. The first-order chi connectivity index (χ1) is 9.47. The molecule has 1 fully saturated rings. The Labute approximate surface area is 120 Å². The van der Waals surface area contributed by atoms with Crippen LogP contribution in [-0.2, 0) is 9.59 Å². The van der Waals surface area contributed by atoms with Gasteiger partial charge in [0.2, 0.25) is 11.8 Å². The van der Waals surface area contributed by atoms with Crippen LogP contribution in [-0.4, -0.2) is 24.4 Å². The Balaban J connectivity index is 2.06. The van der Waals surface area contributed by atoms with E-state index in [2.05, 4.69) is 19.2 Å². The first-order valence-electron chi connectivity index (χ1n) is 7.15. The van der Waals surface area contributed by atoms with E-state index >= 15 is 0 Å². The van der Waals surface area contributed by atoms with Gasteiger partial charge in [0.1, 0.15) is 6.54 Å². The Morgan fingerprint density at radius 1 is 1.25 bits per heavy atom. The zero-order chi connectivity index (χ0) is 14.7. The lowest BCUT2D eigenvalue weighted by Crippen LogP contribution is -2.40. The van der Waals surface area contributed by atoms with Crippen LogP contribution >= 0.6 is 0 Å². The van der Waals surface area contributed by atoms with Crippen molar-refractivity contribution in [3.63, 3.8) is 0 Å². The molecule has 20 heavy (non-hydrogen) atoms. The van der Waals surface area contributed by atoms with Gasteiger partial charge >= 0.3 is 0 Å². The van der Waals surface area contributed by atoms with E-state index in [1.54, 1.807) is 0 Å². The molecule has 0 unspecified atom stereocenters. The largest absolute Gasteiger partial charge is 0.352 e. The highest BCUT2D eigenvalue weighted by atomic mass is 16.2. The summed E-state index contributed by atoms with van der Waals surface area (Å²) in [6.07, 6.45) is 2.10. The van der Waals surface area contributed by atoms with Crippen molar-refractivity contribution in [2.45, 2.75) is 45.6 Å². The van der Waals surface area contributed by atoms with Crippen LogP contribution in [0.25, 0.3) is 0 Å². The summed E-state index contributed by atoms with van der Waals surface area (Å²) in [6, 6.07) is 8.14. The van der Waals surface area contributed by atoms with Crippen LogP contribution in [0.3, 0.4) is 0 Å². The molecule has 0 heterocycles. The van der Waals surface area contributed by atoms with E-state index in [4.69, 9.17) is 0 Å². The van der Waals surface area contributed by atoms with Gasteiger partial charge in [0.25, 0.3) is 0 Å². The van der Waals surface area contributed by atoms with Gasteiger partial charge in [-0.1, -0.05) is 26.0 Å². The topological polar surface area (TPSA) is 49.4 Å². The molecule has 1 aromatic rings. The summed E-state index contributed by atoms with van der Waals surface area (Å²) >= 11 is 0. The lowest BCUT2D eigenvalue weighted by molar-refractivity contribution is -0.123. The molecule has 1 N–H and O–H groups in total. The fourth-order valence-corrected chi connectivity index (χ4v) is 2.07. The molecule has 0 aromatic heterocycles. The Morgan fingerprint density at radius 3 is 2.30 bits per heavy atom. The number of nitrogens with one attached hydrogen (secondary N) is 1. The Kier molecular flexibility index (Phi) is 4.42. The summed E-state index contributed by atoms with van der Waals surface area (Å²) in [5.41, 5.74) is 1.99. The summed E-state index contributed by atoms with van der Waals surface area (Å²) in [6.45, 7) is 5.83. The molecule has 4 nitrogen and oxygen atoms in total. The maximum atomic E-state index is 11.9. The molecular weight excluding hydrogens is 252 g/mol. The predicted octanol–water partition coefficient (Wildman–Crippen LogP) is 2.44. The molecule has 0 aliphatic heterocycles. The number of carbonyl (C=O) groups excluding carboxylic acids is 2. The fraction of sp³-hybridized carbons (Fsp3) is 0.500. The number of rotatable bonds is 5. The second-order valence-corrected chi connectivity index (χ2v) is 5.69. The smallest absolute Gasteiger partial charge is 0.240 e. The monoisotopic (exact) mass is 274 g/mol. The lowest BCUT2D eigenvalue weighted by atomic mass is 10.0. The molecule has 1 aliphatic carbocycles. The number of hydrogen-bond donors (Lipinski definition) is 1. The summed E-state index contributed by atoms with van der Waals surface area (Å²) in [5, 5.41) is 2.91. The van der Waals surface area contributed by atoms with Crippen LogP contribution < -0.4 is 10.2 Å². The normalized spacial score (nSPS) is 14.2. The minimum absolute atomic E-state index is 0.0874. The molecule has 2 amide bonds. The second-order valence-electron chi connectivity index (χ2n) is 5.69. The maximum absolute atomic E-state index is 11.9. The first kappa shape index (κ1) is 14.6. The van der Waals surface area contributed by atoms with Crippen LogP contribution in [0.5, 0.6) is 0 Å². The van der Waals surface area contributed by atoms with E-state index < -0.39 is 0 Å². The van der Waals surface area contributed by atoms with E-state index in [9.17, 15) is 9.59 Å². The van der Waals surface area contributed by atoms with E-state index in [-0.39, 0.29) is 18.4 Å². The minimum Gasteiger partial charge on any atom is -0.352 e. The van der Waals surface area contributed by atoms with Gasteiger partial charge in [-0.25, -0.2) is 0 Å². The molecule has 2 rings (SSSR count). The van der Waals surface area contributed by atoms with E-state index in [0.717, 1.165) is 18.5 Å². The molecule has 0 radical (unpaired) electrons.